The number of aryl methyl sites for hydroxylation is 1. The third-order valence-corrected chi connectivity index (χ3v) is 3.98. The fraction of sp³-hybridized carbons (Fsp3) is 0.308. The molecule has 0 aliphatic carbocycles. The predicted octanol–water partition coefficient (Wildman–Crippen LogP) is 3.07. The average Bonchev–Trinajstić information content (AvgIpc) is 2.82. The standard InChI is InChI=1S/C13H16FN3S/c1-3-11-12(8-15)18-13(16-11)17(2)10-6-4-9(14)5-7-10/h4-7H,3,8,15H2,1-2H3. The fourth-order valence-corrected chi connectivity index (χ4v) is 2.73. The Hall–Kier alpha value is -1.46. The molecule has 0 amide bonds. The van der Waals surface area contributed by atoms with Crippen molar-refractivity contribution in [2.24, 2.45) is 5.73 Å². The maximum atomic E-state index is 12.9. The molecule has 1 aromatic heterocycles. The molecular formula is C13H16FN3S. The third kappa shape index (κ3) is 2.52. The van der Waals surface area contributed by atoms with Gasteiger partial charge in [0.1, 0.15) is 5.82 Å². The first-order chi connectivity index (χ1) is 8.65. The Bertz CT molecular complexity index is 500. The zero-order valence-corrected chi connectivity index (χ0v) is 11.3. The highest BCUT2D eigenvalue weighted by Crippen LogP contribution is 2.30. The van der Waals surface area contributed by atoms with Crippen molar-refractivity contribution in [2.75, 3.05) is 11.9 Å². The van der Waals surface area contributed by atoms with E-state index in [2.05, 4.69) is 11.9 Å². The Morgan fingerprint density at radius 3 is 2.50 bits per heavy atom. The minimum absolute atomic E-state index is 0.233. The SMILES string of the molecule is CCc1nc(N(C)c2ccc(F)cc2)sc1CN. The summed E-state index contributed by atoms with van der Waals surface area (Å²) in [5, 5.41) is 0.888. The van der Waals surface area contributed by atoms with Crippen LogP contribution in [0.3, 0.4) is 0 Å². The van der Waals surface area contributed by atoms with Gasteiger partial charge < -0.3 is 10.6 Å². The van der Waals surface area contributed by atoms with Crippen LogP contribution in [0.2, 0.25) is 0 Å². The molecule has 5 heteroatoms. The third-order valence-electron chi connectivity index (χ3n) is 2.79. The summed E-state index contributed by atoms with van der Waals surface area (Å²) < 4.78 is 12.9. The van der Waals surface area contributed by atoms with Gasteiger partial charge in [0.25, 0.3) is 0 Å². The van der Waals surface area contributed by atoms with Crippen molar-refractivity contribution < 1.29 is 4.39 Å². The second-order valence-electron chi connectivity index (χ2n) is 3.96. The van der Waals surface area contributed by atoms with Crippen molar-refractivity contribution in [1.29, 1.82) is 0 Å². The van der Waals surface area contributed by atoms with Gasteiger partial charge in [0.2, 0.25) is 0 Å². The van der Waals surface area contributed by atoms with Crippen LogP contribution in [0.25, 0.3) is 0 Å². The van der Waals surface area contributed by atoms with Gasteiger partial charge in [-0.2, -0.15) is 0 Å². The lowest BCUT2D eigenvalue weighted by Gasteiger charge is -2.15. The molecule has 2 N–H and O–H groups in total. The minimum Gasteiger partial charge on any atom is -0.326 e. The van der Waals surface area contributed by atoms with Crippen LogP contribution in [-0.4, -0.2) is 12.0 Å². The first kappa shape index (κ1) is 13.0. The molecule has 0 unspecified atom stereocenters. The molecule has 18 heavy (non-hydrogen) atoms. The average molecular weight is 265 g/mol. The van der Waals surface area contributed by atoms with Crippen molar-refractivity contribution in [2.45, 2.75) is 19.9 Å². The molecule has 0 saturated heterocycles. The number of anilines is 2. The highest BCUT2D eigenvalue weighted by Gasteiger charge is 2.13. The number of nitrogens with zero attached hydrogens (tertiary/aromatic N) is 2. The maximum Gasteiger partial charge on any atom is 0.190 e. The number of hydrogen-bond donors (Lipinski definition) is 1. The lowest BCUT2D eigenvalue weighted by Crippen LogP contribution is -2.08. The van der Waals surface area contributed by atoms with E-state index in [1.54, 1.807) is 23.5 Å². The van der Waals surface area contributed by atoms with Gasteiger partial charge in [0.05, 0.1) is 5.69 Å². The van der Waals surface area contributed by atoms with E-state index in [0.717, 1.165) is 27.8 Å². The Kier molecular flexibility index (Phi) is 3.93. The van der Waals surface area contributed by atoms with Gasteiger partial charge in [-0.15, -0.1) is 0 Å². The summed E-state index contributed by atoms with van der Waals surface area (Å²) in [6, 6.07) is 6.38. The Labute approximate surface area is 110 Å². The van der Waals surface area contributed by atoms with Crippen LogP contribution < -0.4 is 10.6 Å². The predicted molar refractivity (Wildman–Crippen MR) is 73.8 cm³/mol. The molecule has 2 rings (SSSR count). The molecule has 1 aromatic carbocycles. The van der Waals surface area contributed by atoms with Gasteiger partial charge in [0, 0.05) is 24.2 Å². The lowest BCUT2D eigenvalue weighted by molar-refractivity contribution is 0.628. The largest absolute Gasteiger partial charge is 0.326 e. The summed E-state index contributed by atoms with van der Waals surface area (Å²) in [6.45, 7) is 2.58. The maximum absolute atomic E-state index is 12.9. The van der Waals surface area contributed by atoms with Gasteiger partial charge in [-0.05, 0) is 30.7 Å². The highest BCUT2D eigenvalue weighted by molar-refractivity contribution is 7.15. The normalized spacial score (nSPS) is 10.7. The second kappa shape index (κ2) is 5.46. The zero-order valence-electron chi connectivity index (χ0n) is 10.5. The first-order valence-corrected chi connectivity index (χ1v) is 6.65. The van der Waals surface area contributed by atoms with Crippen molar-refractivity contribution in [3.05, 3.63) is 40.7 Å². The molecule has 0 aliphatic rings. The van der Waals surface area contributed by atoms with Crippen LogP contribution in [0.4, 0.5) is 15.2 Å². The van der Waals surface area contributed by atoms with Crippen molar-refractivity contribution in [3.8, 4) is 0 Å². The molecule has 0 fully saturated rings. The summed E-state index contributed by atoms with van der Waals surface area (Å²) in [4.78, 5) is 7.63. The smallest absolute Gasteiger partial charge is 0.190 e. The number of thiazole rings is 1. The van der Waals surface area contributed by atoms with Crippen LogP contribution in [0.15, 0.2) is 24.3 Å². The summed E-state index contributed by atoms with van der Waals surface area (Å²) in [5.74, 6) is -0.233. The number of aromatic nitrogens is 1. The monoisotopic (exact) mass is 265 g/mol. The molecule has 96 valence electrons. The molecule has 2 aromatic rings. The van der Waals surface area contributed by atoms with Gasteiger partial charge in [0.15, 0.2) is 5.13 Å². The van der Waals surface area contributed by atoms with Crippen molar-refractivity contribution in [1.82, 2.24) is 4.98 Å². The molecule has 0 saturated carbocycles. The topological polar surface area (TPSA) is 42.2 Å². The molecule has 3 nitrogen and oxygen atoms in total. The number of rotatable bonds is 4. The van der Waals surface area contributed by atoms with Gasteiger partial charge >= 0.3 is 0 Å². The van der Waals surface area contributed by atoms with Crippen molar-refractivity contribution in [3.63, 3.8) is 0 Å². The van der Waals surface area contributed by atoms with E-state index in [-0.39, 0.29) is 5.82 Å². The number of benzene rings is 1. The Morgan fingerprint density at radius 1 is 1.33 bits per heavy atom. The van der Waals surface area contributed by atoms with E-state index < -0.39 is 0 Å². The van der Waals surface area contributed by atoms with E-state index in [1.165, 1.54) is 12.1 Å². The summed E-state index contributed by atoms with van der Waals surface area (Å²) >= 11 is 1.59. The van der Waals surface area contributed by atoms with E-state index in [9.17, 15) is 4.39 Å². The molecule has 0 aliphatic heterocycles. The second-order valence-corrected chi connectivity index (χ2v) is 5.02. The number of halogens is 1. The highest BCUT2D eigenvalue weighted by atomic mass is 32.1. The van der Waals surface area contributed by atoms with E-state index in [4.69, 9.17) is 5.73 Å². The molecule has 0 spiro atoms. The molecular weight excluding hydrogens is 249 g/mol. The zero-order chi connectivity index (χ0) is 13.1. The number of hydrogen-bond acceptors (Lipinski definition) is 4. The minimum atomic E-state index is -0.233. The van der Waals surface area contributed by atoms with Gasteiger partial charge in [-0.3, -0.25) is 0 Å². The molecule has 0 atom stereocenters. The van der Waals surface area contributed by atoms with Gasteiger partial charge in [-0.1, -0.05) is 18.3 Å². The molecule has 0 radical (unpaired) electrons. The summed E-state index contributed by atoms with van der Waals surface area (Å²) in [7, 11) is 1.92. The van der Waals surface area contributed by atoms with Crippen molar-refractivity contribution >= 4 is 22.2 Å². The van der Waals surface area contributed by atoms with Crippen LogP contribution >= 0.6 is 11.3 Å². The van der Waals surface area contributed by atoms with Gasteiger partial charge in [-0.25, -0.2) is 9.37 Å². The lowest BCUT2D eigenvalue weighted by atomic mass is 10.3. The number of nitrogens with two attached hydrogens (primary N) is 1. The van der Waals surface area contributed by atoms with Crippen LogP contribution in [0.1, 0.15) is 17.5 Å². The Morgan fingerprint density at radius 2 is 2.00 bits per heavy atom. The van der Waals surface area contributed by atoms with Crippen LogP contribution in [0, 0.1) is 5.82 Å². The first-order valence-electron chi connectivity index (χ1n) is 5.83. The van der Waals surface area contributed by atoms with E-state index in [1.807, 2.05) is 11.9 Å². The summed E-state index contributed by atoms with van der Waals surface area (Å²) in [6.07, 6.45) is 0.875. The van der Waals surface area contributed by atoms with E-state index >= 15 is 0 Å². The molecule has 1 heterocycles. The Balaban J connectivity index is 2.30. The van der Waals surface area contributed by atoms with Crippen LogP contribution in [-0.2, 0) is 13.0 Å². The fourth-order valence-electron chi connectivity index (χ4n) is 1.72. The quantitative estimate of drug-likeness (QED) is 0.923. The van der Waals surface area contributed by atoms with E-state index in [0.29, 0.717) is 6.54 Å². The molecule has 0 bridgehead atoms. The van der Waals surface area contributed by atoms with Crippen LogP contribution in [0.5, 0.6) is 0 Å². The summed E-state index contributed by atoms with van der Waals surface area (Å²) in [5.41, 5.74) is 7.66.